The highest BCUT2D eigenvalue weighted by Gasteiger charge is 2.90. The monoisotopic (exact) mass is 309 g/mol. The molecular formula is C16H20ClNO3. The first-order chi connectivity index (χ1) is 10.1. The normalized spacial score (nSPS) is 48.2. The number of ketones is 1. The number of hydrogen-bond donors (Lipinski definition) is 2. The Bertz CT molecular complexity index is 548. The zero-order valence-electron chi connectivity index (χ0n) is 11.8. The lowest BCUT2D eigenvalue weighted by Crippen LogP contribution is -2.71. The number of halogens is 1. The minimum absolute atomic E-state index is 0.0313. The summed E-state index contributed by atoms with van der Waals surface area (Å²) in [7, 11) is 0. The van der Waals surface area contributed by atoms with E-state index in [1.807, 2.05) is 6.08 Å². The first-order valence-electron chi connectivity index (χ1n) is 7.86. The van der Waals surface area contributed by atoms with Crippen molar-refractivity contribution in [2.75, 3.05) is 5.88 Å². The molecule has 2 N–H and O–H groups in total. The minimum atomic E-state index is -1.03. The van der Waals surface area contributed by atoms with Crippen LogP contribution in [0.4, 0.5) is 0 Å². The Kier molecular flexibility index (Phi) is 2.84. The minimum Gasteiger partial charge on any atom is -0.390 e. The summed E-state index contributed by atoms with van der Waals surface area (Å²) in [6.45, 7) is 0. The molecule has 1 aliphatic heterocycles. The number of aliphatic hydroxyl groups is 1. The van der Waals surface area contributed by atoms with Gasteiger partial charge in [0.05, 0.1) is 6.10 Å². The molecule has 4 aliphatic rings. The molecule has 0 aromatic carbocycles. The van der Waals surface area contributed by atoms with Crippen molar-refractivity contribution in [2.24, 2.45) is 23.2 Å². The van der Waals surface area contributed by atoms with Gasteiger partial charge in [-0.2, -0.15) is 0 Å². The maximum absolute atomic E-state index is 12.5. The van der Waals surface area contributed by atoms with Crippen molar-refractivity contribution in [3.63, 3.8) is 0 Å². The van der Waals surface area contributed by atoms with E-state index in [4.69, 9.17) is 11.6 Å². The van der Waals surface area contributed by atoms with E-state index in [2.05, 4.69) is 11.4 Å². The van der Waals surface area contributed by atoms with Gasteiger partial charge in [-0.05, 0) is 32.1 Å². The van der Waals surface area contributed by atoms with Crippen molar-refractivity contribution in [3.8, 4) is 0 Å². The molecule has 1 amide bonds. The van der Waals surface area contributed by atoms with Gasteiger partial charge in [0.25, 0.3) is 0 Å². The molecule has 2 unspecified atom stereocenters. The van der Waals surface area contributed by atoms with Crippen molar-refractivity contribution < 1.29 is 14.7 Å². The van der Waals surface area contributed by atoms with Crippen molar-refractivity contribution in [2.45, 2.75) is 43.7 Å². The lowest BCUT2D eigenvalue weighted by Gasteiger charge is -2.48. The number of aliphatic hydroxyl groups excluding tert-OH is 1. The summed E-state index contributed by atoms with van der Waals surface area (Å²) in [6, 6.07) is 0. The zero-order valence-corrected chi connectivity index (χ0v) is 12.6. The SMILES string of the molecule is O=C1N[C@@]2([C@@H](O)[C@@H]3C=CCCC3)C(=O)C3CC32[C@H]1CCCl. The fourth-order valence-electron chi connectivity index (χ4n) is 5.24. The molecule has 2 saturated carbocycles. The van der Waals surface area contributed by atoms with Crippen molar-refractivity contribution in [3.05, 3.63) is 12.2 Å². The van der Waals surface area contributed by atoms with Gasteiger partial charge in [-0.25, -0.2) is 0 Å². The third-order valence-electron chi connectivity index (χ3n) is 6.24. The Balaban J connectivity index is 1.69. The number of rotatable bonds is 4. The largest absolute Gasteiger partial charge is 0.390 e. The van der Waals surface area contributed by atoms with E-state index in [-0.39, 0.29) is 34.9 Å². The van der Waals surface area contributed by atoms with Gasteiger partial charge < -0.3 is 10.4 Å². The smallest absolute Gasteiger partial charge is 0.224 e. The van der Waals surface area contributed by atoms with E-state index in [1.54, 1.807) is 0 Å². The van der Waals surface area contributed by atoms with Crippen LogP contribution < -0.4 is 5.32 Å². The molecule has 21 heavy (non-hydrogen) atoms. The van der Waals surface area contributed by atoms with Gasteiger partial charge >= 0.3 is 0 Å². The van der Waals surface area contributed by atoms with Crippen LogP contribution in [0.25, 0.3) is 0 Å². The second-order valence-corrected chi connectivity index (χ2v) is 7.33. The summed E-state index contributed by atoms with van der Waals surface area (Å²) in [5.74, 6) is 0.0844. The number of amides is 1. The lowest BCUT2D eigenvalue weighted by molar-refractivity contribution is -0.150. The van der Waals surface area contributed by atoms with Crippen LogP contribution in [0.3, 0.4) is 0 Å². The summed E-state index contributed by atoms with van der Waals surface area (Å²) in [6.07, 6.45) is 7.54. The highest BCUT2D eigenvalue weighted by atomic mass is 35.5. The number of Topliss-reactive ketones (excluding diaryl/α,β-unsaturated/α-hetero) is 1. The molecule has 0 aromatic rings. The van der Waals surface area contributed by atoms with Gasteiger partial charge in [0, 0.05) is 29.0 Å². The molecule has 5 heteroatoms. The molecule has 0 aromatic heterocycles. The van der Waals surface area contributed by atoms with Crippen molar-refractivity contribution in [1.82, 2.24) is 5.32 Å². The van der Waals surface area contributed by atoms with Crippen LogP contribution in [0, 0.1) is 23.2 Å². The summed E-state index contributed by atoms with van der Waals surface area (Å²) in [5, 5.41) is 13.8. The Morgan fingerprint density at radius 3 is 2.90 bits per heavy atom. The standard InChI is InChI=1S/C16H20ClNO3/c17-7-6-10-14(21)18-16(13(20)11-8-15(10,11)16)12(19)9-4-2-1-3-5-9/h2,4,9-12,19H,1,3,5-8H2,(H,18,21)/t9-,10+,11?,12+,15?,16+/m1/s1. The maximum atomic E-state index is 12.5. The number of allylic oxidation sites excluding steroid dienone is 1. The fraction of sp³-hybridized carbons (Fsp3) is 0.750. The molecule has 4 nitrogen and oxygen atoms in total. The highest BCUT2D eigenvalue weighted by molar-refractivity contribution is 6.18. The van der Waals surface area contributed by atoms with E-state index >= 15 is 0 Å². The number of alkyl halides is 1. The third kappa shape index (κ3) is 1.41. The number of nitrogens with one attached hydrogen (secondary N) is 1. The molecule has 3 aliphatic carbocycles. The topological polar surface area (TPSA) is 66.4 Å². The second kappa shape index (κ2) is 4.32. The maximum Gasteiger partial charge on any atom is 0.224 e. The summed E-state index contributed by atoms with van der Waals surface area (Å²) >= 11 is 5.84. The van der Waals surface area contributed by atoms with Gasteiger partial charge in [0.1, 0.15) is 5.54 Å². The molecule has 1 heterocycles. The summed E-state index contributed by atoms with van der Waals surface area (Å²) in [5.41, 5.74) is -1.38. The second-order valence-electron chi connectivity index (χ2n) is 6.96. The molecule has 1 saturated heterocycles. The van der Waals surface area contributed by atoms with E-state index in [0.717, 1.165) is 25.7 Å². The van der Waals surface area contributed by atoms with Gasteiger partial charge in [0.15, 0.2) is 5.78 Å². The molecule has 0 bridgehead atoms. The van der Waals surface area contributed by atoms with Gasteiger partial charge in [-0.15, -0.1) is 11.6 Å². The average molecular weight is 310 g/mol. The Morgan fingerprint density at radius 1 is 1.48 bits per heavy atom. The summed E-state index contributed by atoms with van der Waals surface area (Å²) < 4.78 is 0. The predicted octanol–water partition coefficient (Wildman–Crippen LogP) is 1.41. The van der Waals surface area contributed by atoms with Crippen molar-refractivity contribution >= 4 is 23.3 Å². The molecule has 6 atom stereocenters. The number of carbonyl (C=O) groups excluding carboxylic acids is 2. The van der Waals surface area contributed by atoms with Crippen LogP contribution in [-0.4, -0.2) is 34.3 Å². The number of hydrogen-bond acceptors (Lipinski definition) is 3. The Hall–Kier alpha value is -0.870. The van der Waals surface area contributed by atoms with E-state index in [0.29, 0.717) is 12.3 Å². The zero-order chi connectivity index (χ0) is 14.8. The van der Waals surface area contributed by atoms with E-state index in [9.17, 15) is 14.7 Å². The Labute approximate surface area is 128 Å². The molecule has 4 rings (SSSR count). The van der Waals surface area contributed by atoms with Crippen LogP contribution in [0.15, 0.2) is 12.2 Å². The lowest BCUT2D eigenvalue weighted by atomic mass is 9.57. The van der Waals surface area contributed by atoms with Gasteiger partial charge in [-0.1, -0.05) is 12.2 Å². The first kappa shape index (κ1) is 13.8. The number of carbonyl (C=O) groups is 2. The molecular weight excluding hydrogens is 290 g/mol. The van der Waals surface area contributed by atoms with Crippen molar-refractivity contribution in [1.29, 1.82) is 0 Å². The quantitative estimate of drug-likeness (QED) is 0.609. The average Bonchev–Trinajstić information content (AvgIpc) is 3.16. The van der Waals surface area contributed by atoms with Gasteiger partial charge in [-0.3, -0.25) is 9.59 Å². The fourth-order valence-corrected chi connectivity index (χ4v) is 5.45. The molecule has 3 fully saturated rings. The third-order valence-corrected chi connectivity index (χ3v) is 6.46. The van der Waals surface area contributed by atoms with Crippen LogP contribution >= 0.6 is 11.6 Å². The predicted molar refractivity (Wildman–Crippen MR) is 77.7 cm³/mol. The Morgan fingerprint density at radius 2 is 2.29 bits per heavy atom. The van der Waals surface area contributed by atoms with E-state index < -0.39 is 11.6 Å². The van der Waals surface area contributed by atoms with Crippen LogP contribution in [0.2, 0.25) is 0 Å². The first-order valence-corrected chi connectivity index (χ1v) is 8.40. The van der Waals surface area contributed by atoms with Crippen LogP contribution in [0.5, 0.6) is 0 Å². The van der Waals surface area contributed by atoms with Crippen LogP contribution in [0.1, 0.15) is 32.1 Å². The highest BCUT2D eigenvalue weighted by Crippen LogP contribution is 2.78. The van der Waals surface area contributed by atoms with Crippen LogP contribution in [-0.2, 0) is 9.59 Å². The van der Waals surface area contributed by atoms with E-state index in [1.165, 1.54) is 0 Å². The molecule has 1 spiro atoms. The summed E-state index contributed by atoms with van der Waals surface area (Å²) in [4.78, 5) is 24.9. The molecule has 0 radical (unpaired) electrons. The van der Waals surface area contributed by atoms with Gasteiger partial charge in [0.2, 0.25) is 5.91 Å². The molecule has 114 valence electrons.